The molecule has 1 heteroatoms. The van der Waals surface area contributed by atoms with E-state index in [4.69, 9.17) is 0 Å². The fourth-order valence-electron chi connectivity index (χ4n) is 3.26. The van der Waals surface area contributed by atoms with Gasteiger partial charge in [0.25, 0.3) is 0 Å². The molecule has 1 N–H and O–H groups in total. The summed E-state index contributed by atoms with van der Waals surface area (Å²) in [5.74, 6) is 1.59. The maximum Gasteiger partial charge on any atom is 0.0130 e. The average molecular weight is 197 g/mol. The Morgan fingerprint density at radius 2 is 1.50 bits per heavy atom. The molecule has 0 amide bonds. The molecule has 1 heterocycles. The Morgan fingerprint density at radius 3 is 1.79 bits per heavy atom. The van der Waals surface area contributed by atoms with E-state index in [2.05, 4.69) is 46.9 Å². The largest absolute Gasteiger partial charge is 0.312 e. The summed E-state index contributed by atoms with van der Waals surface area (Å²) in [5, 5.41) is 3.62. The van der Waals surface area contributed by atoms with Crippen LogP contribution in [-0.2, 0) is 0 Å². The zero-order valence-corrected chi connectivity index (χ0v) is 10.8. The summed E-state index contributed by atoms with van der Waals surface area (Å²) < 4.78 is 0. The molecule has 0 aliphatic carbocycles. The van der Waals surface area contributed by atoms with Crippen molar-refractivity contribution in [1.82, 2.24) is 5.32 Å². The molecule has 1 rings (SSSR count). The first-order chi connectivity index (χ1) is 6.30. The van der Waals surface area contributed by atoms with E-state index in [0.717, 1.165) is 11.8 Å². The Balaban J connectivity index is 2.88. The van der Waals surface area contributed by atoms with Gasteiger partial charge in [-0.15, -0.1) is 0 Å². The van der Waals surface area contributed by atoms with Gasteiger partial charge in [-0.05, 0) is 50.5 Å². The van der Waals surface area contributed by atoms with Gasteiger partial charge in [-0.25, -0.2) is 0 Å². The highest BCUT2D eigenvalue weighted by Crippen LogP contribution is 2.47. The molecule has 0 unspecified atom stereocenters. The standard InChI is InChI=1S/C13H27N/c1-10(2)13(11(3)4)7-8-14-12(5,6)9-13/h10-11,14H,7-9H2,1-6H3. The van der Waals surface area contributed by atoms with E-state index >= 15 is 0 Å². The summed E-state index contributed by atoms with van der Waals surface area (Å²) in [4.78, 5) is 0. The highest BCUT2D eigenvalue weighted by atomic mass is 15.0. The second kappa shape index (κ2) is 3.84. The molecule has 1 fully saturated rings. The minimum atomic E-state index is 0.326. The Kier molecular flexibility index (Phi) is 3.30. The number of nitrogens with one attached hydrogen (secondary N) is 1. The predicted molar refractivity (Wildman–Crippen MR) is 63.4 cm³/mol. The zero-order chi connectivity index (χ0) is 11.0. The van der Waals surface area contributed by atoms with Crippen LogP contribution in [0.15, 0.2) is 0 Å². The van der Waals surface area contributed by atoms with Gasteiger partial charge in [0, 0.05) is 5.54 Å². The van der Waals surface area contributed by atoms with Crippen LogP contribution in [0.3, 0.4) is 0 Å². The van der Waals surface area contributed by atoms with Gasteiger partial charge < -0.3 is 5.32 Å². The van der Waals surface area contributed by atoms with Crippen LogP contribution in [0.2, 0.25) is 0 Å². The molecule has 0 aromatic heterocycles. The first-order valence-corrected chi connectivity index (χ1v) is 6.05. The van der Waals surface area contributed by atoms with Gasteiger partial charge in [0.2, 0.25) is 0 Å². The van der Waals surface area contributed by atoms with Crippen LogP contribution < -0.4 is 5.32 Å². The third-order valence-electron chi connectivity index (χ3n) is 4.26. The van der Waals surface area contributed by atoms with Gasteiger partial charge in [0.05, 0.1) is 0 Å². The molecule has 0 aromatic carbocycles. The molecule has 0 aromatic rings. The summed E-state index contributed by atoms with van der Waals surface area (Å²) in [6.45, 7) is 15.4. The molecule has 1 aliphatic heterocycles. The lowest BCUT2D eigenvalue weighted by atomic mass is 9.59. The van der Waals surface area contributed by atoms with E-state index < -0.39 is 0 Å². The maximum absolute atomic E-state index is 3.62. The van der Waals surface area contributed by atoms with E-state index in [-0.39, 0.29) is 0 Å². The van der Waals surface area contributed by atoms with Gasteiger partial charge in [-0.3, -0.25) is 0 Å². The lowest BCUT2D eigenvalue weighted by Gasteiger charge is -2.51. The number of piperidine rings is 1. The quantitative estimate of drug-likeness (QED) is 0.715. The fraction of sp³-hybridized carbons (Fsp3) is 1.00. The second-order valence-electron chi connectivity index (χ2n) is 6.28. The van der Waals surface area contributed by atoms with Crippen molar-refractivity contribution < 1.29 is 0 Å². The van der Waals surface area contributed by atoms with E-state index in [9.17, 15) is 0 Å². The predicted octanol–water partition coefficient (Wildman–Crippen LogP) is 3.45. The molecule has 0 spiro atoms. The molecule has 1 aliphatic rings. The Hall–Kier alpha value is -0.0400. The molecule has 84 valence electrons. The van der Waals surface area contributed by atoms with Crippen molar-refractivity contribution in [2.75, 3.05) is 6.54 Å². The van der Waals surface area contributed by atoms with Gasteiger partial charge in [-0.2, -0.15) is 0 Å². The number of hydrogen-bond donors (Lipinski definition) is 1. The summed E-state index contributed by atoms with van der Waals surface area (Å²) in [6, 6.07) is 0. The van der Waals surface area contributed by atoms with Crippen LogP contribution in [0.5, 0.6) is 0 Å². The summed E-state index contributed by atoms with van der Waals surface area (Å²) in [5.41, 5.74) is 0.877. The third-order valence-corrected chi connectivity index (χ3v) is 4.26. The van der Waals surface area contributed by atoms with Crippen molar-refractivity contribution in [2.24, 2.45) is 17.3 Å². The summed E-state index contributed by atoms with van der Waals surface area (Å²) in [6.07, 6.45) is 2.65. The van der Waals surface area contributed by atoms with Crippen molar-refractivity contribution >= 4 is 0 Å². The smallest absolute Gasteiger partial charge is 0.0130 e. The van der Waals surface area contributed by atoms with Crippen molar-refractivity contribution in [3.63, 3.8) is 0 Å². The van der Waals surface area contributed by atoms with Crippen LogP contribution in [-0.4, -0.2) is 12.1 Å². The Bertz CT molecular complexity index is 183. The topological polar surface area (TPSA) is 12.0 Å². The lowest BCUT2D eigenvalue weighted by molar-refractivity contribution is 0.0222. The number of hydrogen-bond acceptors (Lipinski definition) is 1. The highest BCUT2D eigenvalue weighted by Gasteiger charge is 2.43. The van der Waals surface area contributed by atoms with Gasteiger partial charge in [0.15, 0.2) is 0 Å². The SMILES string of the molecule is CC(C)C1(C(C)C)CCNC(C)(C)C1. The van der Waals surface area contributed by atoms with Crippen LogP contribution in [0, 0.1) is 17.3 Å². The molecule has 1 nitrogen and oxygen atoms in total. The molecule has 0 atom stereocenters. The van der Waals surface area contributed by atoms with Crippen LogP contribution in [0.1, 0.15) is 54.4 Å². The number of rotatable bonds is 2. The molecule has 0 bridgehead atoms. The normalized spacial score (nSPS) is 25.7. The minimum absolute atomic E-state index is 0.326. The van der Waals surface area contributed by atoms with E-state index in [1.54, 1.807) is 0 Å². The molecule has 0 saturated carbocycles. The van der Waals surface area contributed by atoms with E-state index in [1.807, 2.05) is 0 Å². The van der Waals surface area contributed by atoms with Gasteiger partial charge >= 0.3 is 0 Å². The average Bonchev–Trinajstić information content (AvgIpc) is 2.01. The molecule has 0 radical (unpaired) electrons. The molecule has 14 heavy (non-hydrogen) atoms. The lowest BCUT2D eigenvalue weighted by Crippen LogP contribution is -2.54. The zero-order valence-electron chi connectivity index (χ0n) is 10.8. The third kappa shape index (κ3) is 2.13. The summed E-state index contributed by atoms with van der Waals surface area (Å²) >= 11 is 0. The van der Waals surface area contributed by atoms with Gasteiger partial charge in [0.1, 0.15) is 0 Å². The highest BCUT2D eigenvalue weighted by molar-refractivity contribution is 4.97. The van der Waals surface area contributed by atoms with E-state index in [0.29, 0.717) is 11.0 Å². The first kappa shape index (κ1) is 12.0. The van der Waals surface area contributed by atoms with Crippen LogP contribution in [0.4, 0.5) is 0 Å². The maximum atomic E-state index is 3.62. The Labute approximate surface area is 89.7 Å². The van der Waals surface area contributed by atoms with Crippen LogP contribution in [0.25, 0.3) is 0 Å². The molecule has 1 saturated heterocycles. The van der Waals surface area contributed by atoms with Crippen molar-refractivity contribution in [3.8, 4) is 0 Å². The molecular weight excluding hydrogens is 170 g/mol. The van der Waals surface area contributed by atoms with Crippen molar-refractivity contribution in [1.29, 1.82) is 0 Å². The molecular formula is C13H27N. The first-order valence-electron chi connectivity index (χ1n) is 6.05. The van der Waals surface area contributed by atoms with Gasteiger partial charge in [-0.1, -0.05) is 27.7 Å². The second-order valence-corrected chi connectivity index (χ2v) is 6.28. The fourth-order valence-corrected chi connectivity index (χ4v) is 3.26. The minimum Gasteiger partial charge on any atom is -0.312 e. The van der Waals surface area contributed by atoms with Crippen LogP contribution >= 0.6 is 0 Å². The van der Waals surface area contributed by atoms with Crippen molar-refractivity contribution in [3.05, 3.63) is 0 Å². The Morgan fingerprint density at radius 1 is 1.00 bits per heavy atom. The van der Waals surface area contributed by atoms with E-state index in [1.165, 1.54) is 19.4 Å². The van der Waals surface area contributed by atoms with Crippen molar-refractivity contribution in [2.45, 2.75) is 59.9 Å². The summed E-state index contributed by atoms with van der Waals surface area (Å²) in [7, 11) is 0. The monoisotopic (exact) mass is 197 g/mol.